The van der Waals surface area contributed by atoms with Gasteiger partial charge in [0.1, 0.15) is 5.01 Å². The van der Waals surface area contributed by atoms with Gasteiger partial charge >= 0.3 is 0 Å². The molecule has 0 aliphatic carbocycles. The average molecular weight is 396 g/mol. The highest BCUT2D eigenvalue weighted by molar-refractivity contribution is 7.21. The minimum absolute atomic E-state index is 0.775. The molecule has 5 aromatic carbocycles. The second-order valence-corrected chi connectivity index (χ2v) is 8.39. The number of hydrogen-bond donors (Lipinski definition) is 0. The maximum atomic E-state index is 6.42. The van der Waals surface area contributed by atoms with Gasteiger partial charge in [-0.2, -0.15) is 0 Å². The highest BCUT2D eigenvalue weighted by atomic mass is 35.5. The second kappa shape index (κ2) is 6.03. The lowest BCUT2D eigenvalue weighted by molar-refractivity contribution is 1.50. The van der Waals surface area contributed by atoms with Crippen LogP contribution in [0.2, 0.25) is 5.02 Å². The van der Waals surface area contributed by atoms with Gasteiger partial charge in [-0.1, -0.05) is 78.3 Å². The smallest absolute Gasteiger partial charge is 0.125 e. The molecule has 0 aliphatic heterocycles. The number of rotatable bonds is 1. The number of thiazole rings is 1. The Kier molecular flexibility index (Phi) is 3.46. The zero-order chi connectivity index (χ0) is 18.7. The molecule has 28 heavy (non-hydrogen) atoms. The van der Waals surface area contributed by atoms with Gasteiger partial charge in [0.05, 0.1) is 10.2 Å². The molecule has 6 rings (SSSR count). The van der Waals surface area contributed by atoms with Crippen LogP contribution >= 0.6 is 22.9 Å². The van der Waals surface area contributed by atoms with Gasteiger partial charge in [-0.05, 0) is 39.7 Å². The summed E-state index contributed by atoms with van der Waals surface area (Å²) in [7, 11) is 0. The standard InChI is InChI=1S/C25H14ClNS/c26-21-13-12-20(18-7-3-4-8-19(18)21)25-27-24-22(28-25)14-11-16-10-9-15-5-1-2-6-17(15)23(16)24/h1-14H. The first-order valence-corrected chi connectivity index (χ1v) is 10.4. The molecule has 0 amide bonds. The Bertz CT molecular complexity index is 1530. The summed E-state index contributed by atoms with van der Waals surface area (Å²) < 4.78 is 1.21. The fourth-order valence-electron chi connectivity index (χ4n) is 4.05. The molecular formula is C25H14ClNS. The van der Waals surface area contributed by atoms with Crippen LogP contribution in [0.5, 0.6) is 0 Å². The number of halogens is 1. The zero-order valence-corrected chi connectivity index (χ0v) is 16.4. The van der Waals surface area contributed by atoms with Crippen LogP contribution in [0.25, 0.3) is 53.1 Å². The van der Waals surface area contributed by atoms with Crippen molar-refractivity contribution < 1.29 is 0 Å². The number of benzene rings is 5. The van der Waals surface area contributed by atoms with Gasteiger partial charge in [-0.3, -0.25) is 0 Å². The Labute approximate surface area is 170 Å². The lowest BCUT2D eigenvalue weighted by Crippen LogP contribution is -1.82. The summed E-state index contributed by atoms with van der Waals surface area (Å²) in [4.78, 5) is 5.12. The first-order chi connectivity index (χ1) is 13.8. The van der Waals surface area contributed by atoms with Crippen molar-refractivity contribution in [1.29, 1.82) is 0 Å². The van der Waals surface area contributed by atoms with Gasteiger partial charge in [-0.25, -0.2) is 4.98 Å². The van der Waals surface area contributed by atoms with Crippen LogP contribution in [0.4, 0.5) is 0 Å². The Morgan fingerprint density at radius 2 is 1.36 bits per heavy atom. The molecule has 0 atom stereocenters. The number of fused-ring (bicyclic) bond motifs is 6. The normalized spacial score (nSPS) is 11.8. The van der Waals surface area contributed by atoms with E-state index in [1.54, 1.807) is 11.3 Å². The molecule has 0 saturated carbocycles. The average Bonchev–Trinajstić information content (AvgIpc) is 3.18. The third-order valence-electron chi connectivity index (χ3n) is 5.37. The van der Waals surface area contributed by atoms with Gasteiger partial charge < -0.3 is 0 Å². The molecule has 0 bridgehead atoms. The minimum atomic E-state index is 0.775. The van der Waals surface area contributed by atoms with Gasteiger partial charge in [0.15, 0.2) is 0 Å². The van der Waals surface area contributed by atoms with E-state index in [-0.39, 0.29) is 0 Å². The van der Waals surface area contributed by atoms with Crippen LogP contribution in [0.3, 0.4) is 0 Å². The van der Waals surface area contributed by atoms with Crippen molar-refractivity contribution in [2.24, 2.45) is 0 Å². The quantitative estimate of drug-likeness (QED) is 0.256. The number of aromatic nitrogens is 1. The molecule has 0 spiro atoms. The summed E-state index contributed by atoms with van der Waals surface area (Å²) in [6.07, 6.45) is 0. The van der Waals surface area contributed by atoms with Crippen LogP contribution < -0.4 is 0 Å². The molecule has 1 nitrogen and oxygen atoms in total. The van der Waals surface area contributed by atoms with Crippen molar-refractivity contribution in [3.05, 3.63) is 90.0 Å². The third-order valence-corrected chi connectivity index (χ3v) is 6.75. The lowest BCUT2D eigenvalue weighted by Gasteiger charge is -2.05. The van der Waals surface area contributed by atoms with E-state index in [9.17, 15) is 0 Å². The maximum absolute atomic E-state index is 6.42. The molecule has 1 aromatic heterocycles. The summed E-state index contributed by atoms with van der Waals surface area (Å²) in [6, 6.07) is 29.6. The monoisotopic (exact) mass is 395 g/mol. The summed E-state index contributed by atoms with van der Waals surface area (Å²) in [5, 5.41) is 8.97. The Balaban J connectivity index is 1.72. The number of nitrogens with zero attached hydrogens (tertiary/aromatic N) is 1. The van der Waals surface area contributed by atoms with Crippen molar-refractivity contribution >= 4 is 65.5 Å². The molecule has 132 valence electrons. The van der Waals surface area contributed by atoms with Crippen molar-refractivity contribution in [3.63, 3.8) is 0 Å². The van der Waals surface area contributed by atoms with Crippen molar-refractivity contribution in [2.45, 2.75) is 0 Å². The van der Waals surface area contributed by atoms with E-state index in [1.165, 1.54) is 26.2 Å². The Morgan fingerprint density at radius 1 is 0.643 bits per heavy atom. The fourth-order valence-corrected chi connectivity index (χ4v) is 5.29. The first kappa shape index (κ1) is 16.1. The van der Waals surface area contributed by atoms with E-state index in [0.717, 1.165) is 31.9 Å². The van der Waals surface area contributed by atoms with Crippen molar-refractivity contribution in [2.75, 3.05) is 0 Å². The lowest BCUT2D eigenvalue weighted by atomic mass is 10.0. The van der Waals surface area contributed by atoms with E-state index in [0.29, 0.717) is 0 Å². The molecule has 0 saturated heterocycles. The molecule has 1 heterocycles. The summed E-state index contributed by atoms with van der Waals surface area (Å²) in [5.74, 6) is 0. The van der Waals surface area contributed by atoms with E-state index < -0.39 is 0 Å². The first-order valence-electron chi connectivity index (χ1n) is 9.18. The van der Waals surface area contributed by atoms with E-state index in [4.69, 9.17) is 16.6 Å². The number of hydrogen-bond acceptors (Lipinski definition) is 2. The van der Waals surface area contributed by atoms with Gasteiger partial charge in [0.25, 0.3) is 0 Å². The van der Waals surface area contributed by atoms with Gasteiger partial charge in [0, 0.05) is 21.4 Å². The SMILES string of the molecule is Clc1ccc(-c2nc3c(ccc4ccc5ccccc5c43)s2)c2ccccc12. The maximum Gasteiger partial charge on any atom is 0.125 e. The Hall–Kier alpha value is -2.94. The summed E-state index contributed by atoms with van der Waals surface area (Å²) >= 11 is 8.16. The molecule has 0 N–H and O–H groups in total. The molecule has 3 heteroatoms. The Morgan fingerprint density at radius 3 is 2.25 bits per heavy atom. The van der Waals surface area contributed by atoms with Gasteiger partial charge in [0.2, 0.25) is 0 Å². The van der Waals surface area contributed by atoms with E-state index in [1.807, 2.05) is 12.1 Å². The van der Waals surface area contributed by atoms with Crippen LogP contribution in [0.15, 0.2) is 84.9 Å². The van der Waals surface area contributed by atoms with E-state index >= 15 is 0 Å². The third kappa shape index (κ3) is 2.29. The topological polar surface area (TPSA) is 12.9 Å². The zero-order valence-electron chi connectivity index (χ0n) is 14.8. The van der Waals surface area contributed by atoms with Crippen LogP contribution in [0, 0.1) is 0 Å². The molecule has 0 fully saturated rings. The van der Waals surface area contributed by atoms with Crippen LogP contribution in [0.1, 0.15) is 0 Å². The highest BCUT2D eigenvalue weighted by Gasteiger charge is 2.14. The molecule has 6 aromatic rings. The highest BCUT2D eigenvalue weighted by Crippen LogP contribution is 2.40. The molecular weight excluding hydrogens is 382 g/mol. The molecule has 0 radical (unpaired) electrons. The largest absolute Gasteiger partial charge is 0.235 e. The van der Waals surface area contributed by atoms with Crippen molar-refractivity contribution in [3.8, 4) is 10.6 Å². The summed E-state index contributed by atoms with van der Waals surface area (Å²) in [6.45, 7) is 0. The fraction of sp³-hybridized carbons (Fsp3) is 0. The van der Waals surface area contributed by atoms with Crippen molar-refractivity contribution in [1.82, 2.24) is 4.98 Å². The van der Waals surface area contributed by atoms with E-state index in [2.05, 4.69) is 72.8 Å². The van der Waals surface area contributed by atoms with Crippen LogP contribution in [-0.2, 0) is 0 Å². The van der Waals surface area contributed by atoms with Crippen LogP contribution in [-0.4, -0.2) is 4.98 Å². The predicted molar refractivity (Wildman–Crippen MR) is 123 cm³/mol. The summed E-state index contributed by atoms with van der Waals surface area (Å²) in [5.41, 5.74) is 2.21. The molecule has 0 aliphatic rings. The second-order valence-electron chi connectivity index (χ2n) is 6.96. The van der Waals surface area contributed by atoms with Gasteiger partial charge in [-0.15, -0.1) is 11.3 Å². The predicted octanol–water partition coefficient (Wildman–Crippen LogP) is 8.08. The molecule has 0 unspecified atom stereocenters. The minimum Gasteiger partial charge on any atom is -0.235 e.